The molecule has 0 unspecified atom stereocenters. The number of thioether (sulfide) groups is 1. The summed E-state index contributed by atoms with van der Waals surface area (Å²) in [6, 6.07) is 5.36. The van der Waals surface area contributed by atoms with Gasteiger partial charge in [0.2, 0.25) is 0 Å². The van der Waals surface area contributed by atoms with Crippen molar-refractivity contribution in [2.24, 2.45) is 0 Å². The number of carboxylic acids is 1. The number of sulfone groups is 1. The maximum Gasteiger partial charge on any atom is 0.335 e. The highest BCUT2D eigenvalue weighted by molar-refractivity contribution is 8.00. The van der Waals surface area contributed by atoms with Crippen LogP contribution in [0.3, 0.4) is 0 Å². The van der Waals surface area contributed by atoms with Crippen LogP contribution in [0, 0.1) is 0 Å². The summed E-state index contributed by atoms with van der Waals surface area (Å²) in [5, 5.41) is 9.52. The Kier molecular flexibility index (Phi) is 4.46. The van der Waals surface area contributed by atoms with Crippen LogP contribution in [0.25, 0.3) is 0 Å². The highest BCUT2D eigenvalue weighted by atomic mass is 32.2. The van der Waals surface area contributed by atoms with E-state index in [4.69, 9.17) is 5.11 Å². The molecule has 0 amide bonds. The Labute approximate surface area is 120 Å². The molecule has 0 saturated heterocycles. The number of rotatable bonds is 6. The minimum absolute atomic E-state index is 0.0254. The first-order chi connectivity index (χ1) is 9.49. The lowest BCUT2D eigenvalue weighted by Gasteiger charge is -2.04. The number of hydrogen-bond donors (Lipinski definition) is 2. The third kappa shape index (κ3) is 3.61. The minimum atomic E-state index is -3.50. The van der Waals surface area contributed by atoms with Gasteiger partial charge in [-0.1, -0.05) is 17.8 Å². The summed E-state index contributed by atoms with van der Waals surface area (Å²) in [6.07, 6.45) is 3.25. The van der Waals surface area contributed by atoms with Crippen LogP contribution in [0.15, 0.2) is 46.7 Å². The predicted molar refractivity (Wildman–Crippen MR) is 74.8 cm³/mol. The Hall–Kier alpha value is -1.80. The van der Waals surface area contributed by atoms with Crippen LogP contribution in [-0.2, 0) is 9.84 Å². The number of aromatic amines is 1. The molecule has 0 aliphatic rings. The number of benzene rings is 1. The zero-order chi connectivity index (χ0) is 14.6. The predicted octanol–water partition coefficient (Wildman–Crippen LogP) is 1.67. The summed E-state index contributed by atoms with van der Waals surface area (Å²) in [7, 11) is -3.50. The van der Waals surface area contributed by atoms with E-state index in [0.29, 0.717) is 10.9 Å². The van der Waals surface area contributed by atoms with E-state index in [1.807, 2.05) is 0 Å². The van der Waals surface area contributed by atoms with Crippen molar-refractivity contribution in [3.05, 3.63) is 42.2 Å². The average Bonchev–Trinajstić information content (AvgIpc) is 2.92. The van der Waals surface area contributed by atoms with Gasteiger partial charge in [-0.25, -0.2) is 18.2 Å². The molecular weight excluding hydrogens is 300 g/mol. The summed E-state index contributed by atoms with van der Waals surface area (Å²) < 4.78 is 24.2. The fraction of sp³-hybridized carbons (Fsp3) is 0.167. The molecule has 0 spiro atoms. The maximum absolute atomic E-state index is 12.1. The van der Waals surface area contributed by atoms with Crippen molar-refractivity contribution in [3.63, 3.8) is 0 Å². The topological polar surface area (TPSA) is 100 Å². The molecule has 2 rings (SSSR count). The lowest BCUT2D eigenvalue weighted by molar-refractivity contribution is 0.0696. The van der Waals surface area contributed by atoms with Crippen molar-refractivity contribution in [3.8, 4) is 0 Å². The van der Waals surface area contributed by atoms with Gasteiger partial charge in [-0.05, 0) is 18.2 Å². The van der Waals surface area contributed by atoms with Crippen LogP contribution >= 0.6 is 11.8 Å². The quantitative estimate of drug-likeness (QED) is 0.787. The third-order valence-electron chi connectivity index (χ3n) is 2.50. The van der Waals surface area contributed by atoms with Crippen molar-refractivity contribution >= 4 is 27.6 Å². The molecular formula is C12H12N2O4S2. The largest absolute Gasteiger partial charge is 0.478 e. The van der Waals surface area contributed by atoms with E-state index in [9.17, 15) is 13.2 Å². The summed E-state index contributed by atoms with van der Waals surface area (Å²) in [5.41, 5.74) is -0.0373. The molecule has 0 aliphatic carbocycles. The highest BCUT2D eigenvalue weighted by Gasteiger charge is 2.16. The van der Waals surface area contributed by atoms with E-state index >= 15 is 0 Å². The summed E-state index contributed by atoms with van der Waals surface area (Å²) in [4.78, 5) is 17.7. The van der Waals surface area contributed by atoms with Crippen molar-refractivity contribution in [2.45, 2.75) is 10.1 Å². The second-order valence-corrected chi connectivity index (χ2v) is 7.09. The number of carbonyl (C=O) groups is 1. The molecule has 1 aromatic heterocycles. The molecule has 0 aliphatic heterocycles. The summed E-state index contributed by atoms with van der Waals surface area (Å²) >= 11 is 1.30. The van der Waals surface area contributed by atoms with Gasteiger partial charge in [0.05, 0.1) is 16.2 Å². The van der Waals surface area contributed by atoms with E-state index in [2.05, 4.69) is 9.97 Å². The molecule has 0 saturated carbocycles. The molecule has 20 heavy (non-hydrogen) atoms. The molecule has 0 atom stereocenters. The number of aromatic nitrogens is 2. The number of hydrogen-bond acceptors (Lipinski definition) is 5. The van der Waals surface area contributed by atoms with Gasteiger partial charge in [-0.3, -0.25) is 0 Å². The van der Waals surface area contributed by atoms with Gasteiger partial charge in [0, 0.05) is 18.1 Å². The monoisotopic (exact) mass is 312 g/mol. The van der Waals surface area contributed by atoms with Crippen molar-refractivity contribution in [1.82, 2.24) is 9.97 Å². The molecule has 106 valence electrons. The lowest BCUT2D eigenvalue weighted by Crippen LogP contribution is -2.10. The Morgan fingerprint density at radius 1 is 1.40 bits per heavy atom. The van der Waals surface area contributed by atoms with Gasteiger partial charge in [0.1, 0.15) is 0 Å². The Morgan fingerprint density at radius 3 is 2.85 bits per heavy atom. The lowest BCUT2D eigenvalue weighted by atomic mass is 10.2. The Balaban J connectivity index is 2.06. The first-order valence-corrected chi connectivity index (χ1v) is 8.31. The maximum atomic E-state index is 12.1. The van der Waals surface area contributed by atoms with Crippen LogP contribution in [0.2, 0.25) is 0 Å². The zero-order valence-corrected chi connectivity index (χ0v) is 11.9. The molecule has 2 aromatic rings. The van der Waals surface area contributed by atoms with E-state index in [-0.39, 0.29) is 16.2 Å². The molecule has 0 fully saturated rings. The van der Waals surface area contributed by atoms with Crippen molar-refractivity contribution in [1.29, 1.82) is 0 Å². The van der Waals surface area contributed by atoms with Crippen LogP contribution in [-0.4, -0.2) is 41.0 Å². The van der Waals surface area contributed by atoms with E-state index in [1.165, 1.54) is 36.0 Å². The van der Waals surface area contributed by atoms with Gasteiger partial charge < -0.3 is 10.1 Å². The minimum Gasteiger partial charge on any atom is -0.478 e. The van der Waals surface area contributed by atoms with Gasteiger partial charge in [-0.2, -0.15) is 0 Å². The first-order valence-electron chi connectivity index (χ1n) is 5.67. The molecule has 6 nitrogen and oxygen atoms in total. The molecule has 8 heteroatoms. The van der Waals surface area contributed by atoms with E-state index < -0.39 is 15.8 Å². The SMILES string of the molecule is O=C(O)c1cccc(S(=O)(=O)CCSc2ncc[nH]2)c1. The number of nitrogens with zero attached hydrogens (tertiary/aromatic N) is 1. The fourth-order valence-corrected chi connectivity index (χ4v) is 4.04. The van der Waals surface area contributed by atoms with Gasteiger partial charge in [0.25, 0.3) is 0 Å². The first kappa shape index (κ1) is 14.6. The number of H-pyrrole nitrogens is 1. The molecule has 2 N–H and O–H groups in total. The van der Waals surface area contributed by atoms with Crippen molar-refractivity contribution in [2.75, 3.05) is 11.5 Å². The summed E-state index contributed by atoms with van der Waals surface area (Å²) in [5.74, 6) is -0.888. The second-order valence-electron chi connectivity index (χ2n) is 3.89. The fourth-order valence-electron chi connectivity index (χ4n) is 1.52. The van der Waals surface area contributed by atoms with Crippen LogP contribution < -0.4 is 0 Å². The molecule has 1 aromatic carbocycles. The normalized spacial score (nSPS) is 11.4. The number of imidazole rings is 1. The van der Waals surface area contributed by atoms with Gasteiger partial charge >= 0.3 is 5.97 Å². The number of aromatic carboxylic acids is 1. The average molecular weight is 312 g/mol. The molecule has 0 bridgehead atoms. The van der Waals surface area contributed by atoms with Crippen LogP contribution in [0.4, 0.5) is 0 Å². The van der Waals surface area contributed by atoms with Crippen LogP contribution in [0.5, 0.6) is 0 Å². The zero-order valence-electron chi connectivity index (χ0n) is 10.3. The Morgan fingerprint density at radius 2 is 2.20 bits per heavy atom. The standard InChI is InChI=1S/C12H12N2O4S2/c15-11(16)9-2-1-3-10(8-9)20(17,18)7-6-19-12-13-4-5-14-12/h1-5,8H,6-7H2,(H,13,14)(H,15,16). The Bertz CT molecular complexity index is 696. The number of carboxylic acid groups (broad SMARTS) is 1. The number of nitrogens with one attached hydrogen (secondary N) is 1. The van der Waals surface area contributed by atoms with E-state index in [0.717, 1.165) is 0 Å². The van der Waals surface area contributed by atoms with Crippen molar-refractivity contribution < 1.29 is 18.3 Å². The van der Waals surface area contributed by atoms with Crippen LogP contribution in [0.1, 0.15) is 10.4 Å². The highest BCUT2D eigenvalue weighted by Crippen LogP contribution is 2.17. The molecule has 0 radical (unpaired) electrons. The van der Waals surface area contributed by atoms with Gasteiger partial charge in [0.15, 0.2) is 15.0 Å². The molecule has 1 heterocycles. The van der Waals surface area contributed by atoms with E-state index in [1.54, 1.807) is 12.4 Å². The van der Waals surface area contributed by atoms with Gasteiger partial charge in [-0.15, -0.1) is 0 Å². The second kappa shape index (κ2) is 6.10. The third-order valence-corrected chi connectivity index (χ3v) is 5.38. The smallest absolute Gasteiger partial charge is 0.335 e. The summed E-state index contributed by atoms with van der Waals surface area (Å²) in [6.45, 7) is 0.